The molecule has 1 aliphatic heterocycles. The fourth-order valence-corrected chi connectivity index (χ4v) is 3.90. The van der Waals surface area contributed by atoms with Crippen molar-refractivity contribution in [3.63, 3.8) is 0 Å². The zero-order valence-electron chi connectivity index (χ0n) is 12.0. The summed E-state index contributed by atoms with van der Waals surface area (Å²) in [7, 11) is 0. The molecule has 0 aromatic heterocycles. The van der Waals surface area contributed by atoms with Crippen molar-refractivity contribution in [3.05, 3.63) is 29.8 Å². The van der Waals surface area contributed by atoms with Gasteiger partial charge in [0.25, 0.3) is 0 Å². The highest BCUT2D eigenvalue weighted by molar-refractivity contribution is 8.00. The number of hydrogen-bond donors (Lipinski definition) is 2. The predicted molar refractivity (Wildman–Crippen MR) is 84.0 cm³/mol. The van der Waals surface area contributed by atoms with Crippen LogP contribution in [0.1, 0.15) is 25.3 Å². The van der Waals surface area contributed by atoms with E-state index in [4.69, 9.17) is 5.73 Å². The maximum atomic E-state index is 12.4. The lowest BCUT2D eigenvalue weighted by molar-refractivity contribution is -0.149. The maximum absolute atomic E-state index is 12.4. The van der Waals surface area contributed by atoms with E-state index in [2.05, 4.69) is 0 Å². The maximum Gasteiger partial charge on any atom is 0.327 e. The summed E-state index contributed by atoms with van der Waals surface area (Å²) in [5, 5.41) is 9.21. The van der Waals surface area contributed by atoms with Gasteiger partial charge in [-0.2, -0.15) is 0 Å². The van der Waals surface area contributed by atoms with Gasteiger partial charge in [0.15, 0.2) is 0 Å². The van der Waals surface area contributed by atoms with E-state index in [9.17, 15) is 14.7 Å². The van der Waals surface area contributed by atoms with Crippen molar-refractivity contribution in [1.29, 1.82) is 0 Å². The van der Waals surface area contributed by atoms with Gasteiger partial charge in [-0.25, -0.2) is 4.79 Å². The van der Waals surface area contributed by atoms with Crippen LogP contribution in [0, 0.1) is 0 Å². The number of nitrogen functional groups attached to an aromatic ring is 1. The summed E-state index contributed by atoms with van der Waals surface area (Å²) in [5.41, 5.74) is 7.46. The van der Waals surface area contributed by atoms with Crippen LogP contribution in [0.5, 0.6) is 0 Å². The van der Waals surface area contributed by atoms with Crippen LogP contribution in [0.3, 0.4) is 0 Å². The predicted octanol–water partition coefficient (Wildman–Crippen LogP) is 1.97. The summed E-state index contributed by atoms with van der Waals surface area (Å²) in [6.45, 7) is 1.97. The van der Waals surface area contributed by atoms with Crippen molar-refractivity contribution in [2.24, 2.45) is 0 Å². The molecule has 1 fully saturated rings. The number of benzene rings is 1. The van der Waals surface area contributed by atoms with Crippen LogP contribution >= 0.6 is 11.8 Å². The SMILES string of the molecule is CCC1SCC(C(=O)O)N1C(=O)CCc1ccccc1N. The number of aliphatic carboxylic acids is 1. The fourth-order valence-electron chi connectivity index (χ4n) is 2.54. The first-order valence-corrected chi connectivity index (χ1v) is 8.08. The number of hydrogen-bond acceptors (Lipinski definition) is 4. The molecule has 2 unspecified atom stereocenters. The van der Waals surface area contributed by atoms with Crippen LogP contribution < -0.4 is 5.73 Å². The Kier molecular flexibility index (Phi) is 5.12. The third-order valence-electron chi connectivity index (χ3n) is 3.68. The van der Waals surface area contributed by atoms with Gasteiger partial charge in [-0.3, -0.25) is 4.79 Å². The molecule has 114 valence electrons. The molecule has 1 aromatic carbocycles. The number of amides is 1. The van der Waals surface area contributed by atoms with Gasteiger partial charge in [0.05, 0.1) is 5.37 Å². The second-order valence-corrected chi connectivity index (χ2v) is 6.26. The van der Waals surface area contributed by atoms with Crippen LogP contribution in [0.4, 0.5) is 5.69 Å². The average molecular weight is 308 g/mol. The van der Waals surface area contributed by atoms with Crippen LogP contribution in [-0.4, -0.2) is 39.1 Å². The smallest absolute Gasteiger partial charge is 0.327 e. The molecule has 1 heterocycles. The first-order chi connectivity index (χ1) is 10.0. The van der Waals surface area contributed by atoms with Gasteiger partial charge in [0, 0.05) is 17.9 Å². The van der Waals surface area contributed by atoms with E-state index in [1.165, 1.54) is 16.7 Å². The third-order valence-corrected chi connectivity index (χ3v) is 5.13. The molecule has 1 saturated heterocycles. The van der Waals surface area contributed by atoms with Crippen molar-refractivity contribution in [2.45, 2.75) is 37.6 Å². The Hall–Kier alpha value is -1.69. The molecule has 2 atom stereocenters. The number of carboxylic acid groups (broad SMARTS) is 1. The molecule has 1 aromatic rings. The first kappa shape index (κ1) is 15.7. The number of aryl methyl sites for hydroxylation is 1. The molecule has 3 N–H and O–H groups in total. The number of carboxylic acids is 1. The summed E-state index contributed by atoms with van der Waals surface area (Å²) < 4.78 is 0. The highest BCUT2D eigenvalue weighted by atomic mass is 32.2. The van der Waals surface area contributed by atoms with E-state index in [0.717, 1.165) is 12.0 Å². The number of para-hydroxylation sites is 1. The zero-order valence-corrected chi connectivity index (χ0v) is 12.8. The van der Waals surface area contributed by atoms with Gasteiger partial charge < -0.3 is 15.7 Å². The molecular formula is C15H20N2O3S. The molecule has 1 amide bonds. The Morgan fingerprint density at radius 2 is 2.14 bits per heavy atom. The third kappa shape index (κ3) is 3.50. The summed E-state index contributed by atoms with van der Waals surface area (Å²) in [6, 6.07) is 6.73. The van der Waals surface area contributed by atoms with E-state index in [-0.39, 0.29) is 17.7 Å². The molecule has 0 aliphatic carbocycles. The lowest BCUT2D eigenvalue weighted by Crippen LogP contribution is -2.45. The molecular weight excluding hydrogens is 288 g/mol. The molecule has 0 bridgehead atoms. The normalized spacial score (nSPS) is 21.5. The van der Waals surface area contributed by atoms with Gasteiger partial charge in [-0.05, 0) is 24.5 Å². The Balaban J connectivity index is 2.04. The lowest BCUT2D eigenvalue weighted by atomic mass is 10.1. The van der Waals surface area contributed by atoms with Crippen LogP contribution in [0.15, 0.2) is 24.3 Å². The molecule has 6 heteroatoms. The van der Waals surface area contributed by atoms with E-state index in [1.807, 2.05) is 25.1 Å². The Labute approximate surface area is 128 Å². The van der Waals surface area contributed by atoms with Crippen molar-refractivity contribution in [1.82, 2.24) is 4.90 Å². The minimum atomic E-state index is -0.925. The molecule has 1 aliphatic rings. The second-order valence-electron chi connectivity index (χ2n) is 5.05. The van der Waals surface area contributed by atoms with E-state index >= 15 is 0 Å². The van der Waals surface area contributed by atoms with Crippen LogP contribution in [-0.2, 0) is 16.0 Å². The van der Waals surface area contributed by atoms with Gasteiger partial charge >= 0.3 is 5.97 Å². The molecule has 0 saturated carbocycles. The topological polar surface area (TPSA) is 83.6 Å². The minimum absolute atomic E-state index is 0.0354. The van der Waals surface area contributed by atoms with Crippen LogP contribution in [0.2, 0.25) is 0 Å². The van der Waals surface area contributed by atoms with Crippen molar-refractivity contribution < 1.29 is 14.7 Å². The first-order valence-electron chi connectivity index (χ1n) is 7.03. The van der Waals surface area contributed by atoms with E-state index in [1.54, 1.807) is 6.07 Å². The molecule has 5 nitrogen and oxygen atoms in total. The van der Waals surface area contributed by atoms with Gasteiger partial charge in [-0.15, -0.1) is 11.8 Å². The van der Waals surface area contributed by atoms with Gasteiger partial charge in [0.1, 0.15) is 6.04 Å². The molecule has 21 heavy (non-hydrogen) atoms. The number of rotatable bonds is 5. The minimum Gasteiger partial charge on any atom is -0.480 e. The second kappa shape index (κ2) is 6.85. The van der Waals surface area contributed by atoms with E-state index < -0.39 is 12.0 Å². The number of nitrogens with zero attached hydrogens (tertiary/aromatic N) is 1. The Morgan fingerprint density at radius 1 is 1.43 bits per heavy atom. The molecule has 2 rings (SSSR count). The van der Waals surface area contributed by atoms with Gasteiger partial charge in [0.2, 0.25) is 5.91 Å². The number of nitrogens with two attached hydrogens (primary N) is 1. The standard InChI is InChI=1S/C15H20N2O3S/c1-2-14-17(12(9-21-14)15(19)20)13(18)8-7-10-5-3-4-6-11(10)16/h3-6,12,14H,2,7-9,16H2,1H3,(H,19,20). The largest absolute Gasteiger partial charge is 0.480 e. The van der Waals surface area contributed by atoms with Crippen molar-refractivity contribution in [3.8, 4) is 0 Å². The lowest BCUT2D eigenvalue weighted by Gasteiger charge is -2.26. The Morgan fingerprint density at radius 3 is 2.76 bits per heavy atom. The van der Waals surface area contributed by atoms with E-state index in [0.29, 0.717) is 17.9 Å². The summed E-state index contributed by atoms with van der Waals surface area (Å²) >= 11 is 1.54. The van der Waals surface area contributed by atoms with Gasteiger partial charge in [-0.1, -0.05) is 25.1 Å². The molecule has 0 spiro atoms. The highest BCUT2D eigenvalue weighted by Gasteiger charge is 2.40. The van der Waals surface area contributed by atoms with Crippen molar-refractivity contribution >= 4 is 29.3 Å². The number of carbonyl (C=O) groups is 2. The van der Waals surface area contributed by atoms with Crippen LogP contribution in [0.25, 0.3) is 0 Å². The average Bonchev–Trinajstić information content (AvgIpc) is 2.90. The Bertz CT molecular complexity index is 535. The van der Waals surface area contributed by atoms with Crippen molar-refractivity contribution in [2.75, 3.05) is 11.5 Å². The number of carbonyl (C=O) groups excluding carboxylic acids is 1. The quantitative estimate of drug-likeness (QED) is 0.813. The summed E-state index contributed by atoms with van der Waals surface area (Å²) in [6.07, 6.45) is 1.58. The zero-order chi connectivity index (χ0) is 15.4. The summed E-state index contributed by atoms with van der Waals surface area (Å²) in [5.74, 6) is -0.568. The monoisotopic (exact) mass is 308 g/mol. The number of anilines is 1. The number of thioether (sulfide) groups is 1. The molecule has 0 radical (unpaired) electrons. The fraction of sp³-hybridized carbons (Fsp3) is 0.467. The highest BCUT2D eigenvalue weighted by Crippen LogP contribution is 2.32. The summed E-state index contributed by atoms with van der Waals surface area (Å²) in [4.78, 5) is 25.2.